The number of carbonyl (C=O) groups is 1. The van der Waals surface area contributed by atoms with E-state index in [0.29, 0.717) is 5.56 Å². The second-order valence-corrected chi connectivity index (χ2v) is 5.67. The first kappa shape index (κ1) is 14.4. The Labute approximate surface area is 106 Å². The van der Waals surface area contributed by atoms with Gasteiger partial charge in [-0.3, -0.25) is 0 Å². The minimum absolute atomic E-state index is 0.0205. The lowest BCUT2D eigenvalue weighted by Crippen LogP contribution is -2.28. The number of rotatable bonds is 5. The van der Waals surface area contributed by atoms with Crippen LogP contribution in [0.1, 0.15) is 5.56 Å². The van der Waals surface area contributed by atoms with Gasteiger partial charge in [0.25, 0.3) is 0 Å². The molecule has 0 aliphatic carbocycles. The lowest BCUT2D eigenvalue weighted by atomic mass is 10.2. The van der Waals surface area contributed by atoms with E-state index in [-0.39, 0.29) is 4.90 Å². The molecule has 1 unspecified atom stereocenters. The van der Waals surface area contributed by atoms with Gasteiger partial charge in [-0.2, -0.15) is 0 Å². The highest BCUT2D eigenvalue weighted by molar-refractivity contribution is 7.92. The Morgan fingerprint density at radius 3 is 2.67 bits per heavy atom. The molecule has 0 radical (unpaired) electrons. The van der Waals surface area contributed by atoms with Crippen molar-refractivity contribution in [2.75, 3.05) is 6.61 Å². The minimum atomic E-state index is -3.93. The smallest absolute Gasteiger partial charge is 0.330 e. The Balaban J connectivity index is 2.90. The van der Waals surface area contributed by atoms with Gasteiger partial charge in [0.2, 0.25) is 9.84 Å². The van der Waals surface area contributed by atoms with Crippen LogP contribution in [0.4, 0.5) is 0 Å². The normalized spacial score (nSPS) is 12.8. The average molecular weight is 270 g/mol. The number of benzene rings is 1. The van der Waals surface area contributed by atoms with Crippen LogP contribution in [0.25, 0.3) is 0 Å². The molecule has 0 aliphatic rings. The Hall–Kier alpha value is -1.66. The van der Waals surface area contributed by atoms with Crippen LogP contribution >= 0.6 is 0 Å². The number of sulfone groups is 1. The molecule has 1 aromatic carbocycles. The number of hydrogen-bond donors (Lipinski definition) is 1. The van der Waals surface area contributed by atoms with Crippen molar-refractivity contribution in [2.24, 2.45) is 0 Å². The maximum atomic E-state index is 12.0. The van der Waals surface area contributed by atoms with Crippen LogP contribution in [-0.4, -0.2) is 31.5 Å². The minimum Gasteiger partial charge on any atom is -0.459 e. The van der Waals surface area contributed by atoms with E-state index in [0.717, 1.165) is 6.08 Å². The molecular formula is C12H14O5S. The fraction of sp³-hybridized carbons (Fsp3) is 0.250. The molecule has 5 nitrogen and oxygen atoms in total. The van der Waals surface area contributed by atoms with E-state index in [1.165, 1.54) is 6.07 Å². The summed E-state index contributed by atoms with van der Waals surface area (Å²) in [7, 11) is -3.93. The standard InChI is InChI=1S/C12H14O5S/c1-3-11(13)17-8-12(14)18(15,16)10-7-5-4-6-9(10)2/h3-7,12,14H,1,8H2,2H3. The van der Waals surface area contributed by atoms with Gasteiger partial charge in [-0.25, -0.2) is 13.2 Å². The predicted molar refractivity (Wildman–Crippen MR) is 65.5 cm³/mol. The molecule has 0 saturated carbocycles. The highest BCUT2D eigenvalue weighted by Crippen LogP contribution is 2.19. The van der Waals surface area contributed by atoms with Crippen LogP contribution in [0, 0.1) is 6.92 Å². The van der Waals surface area contributed by atoms with Crippen LogP contribution in [0.3, 0.4) is 0 Å². The third-order valence-electron chi connectivity index (χ3n) is 2.29. The third kappa shape index (κ3) is 3.18. The molecular weight excluding hydrogens is 256 g/mol. The number of aliphatic hydroxyl groups is 1. The highest BCUT2D eigenvalue weighted by Gasteiger charge is 2.27. The van der Waals surface area contributed by atoms with Gasteiger partial charge in [0, 0.05) is 6.08 Å². The van der Waals surface area contributed by atoms with Crippen molar-refractivity contribution < 1.29 is 23.1 Å². The zero-order valence-electron chi connectivity index (χ0n) is 9.87. The molecule has 1 aromatic rings. The summed E-state index contributed by atoms with van der Waals surface area (Å²) in [6, 6.07) is 6.26. The van der Waals surface area contributed by atoms with Crippen molar-refractivity contribution in [1.29, 1.82) is 0 Å². The highest BCUT2D eigenvalue weighted by atomic mass is 32.2. The van der Waals surface area contributed by atoms with Crippen LogP contribution < -0.4 is 0 Å². The van der Waals surface area contributed by atoms with Crippen molar-refractivity contribution in [2.45, 2.75) is 17.3 Å². The topological polar surface area (TPSA) is 80.7 Å². The van der Waals surface area contributed by atoms with Gasteiger partial charge >= 0.3 is 5.97 Å². The molecule has 1 N–H and O–H groups in total. The molecule has 98 valence electrons. The van der Waals surface area contributed by atoms with Crippen molar-refractivity contribution in [3.63, 3.8) is 0 Å². The largest absolute Gasteiger partial charge is 0.459 e. The molecule has 0 spiro atoms. The molecule has 0 bridgehead atoms. The Morgan fingerprint density at radius 1 is 1.50 bits per heavy atom. The first-order valence-electron chi connectivity index (χ1n) is 5.16. The van der Waals surface area contributed by atoms with E-state index in [2.05, 4.69) is 11.3 Å². The number of esters is 1. The summed E-state index contributed by atoms with van der Waals surface area (Å²) in [4.78, 5) is 10.8. The van der Waals surface area contributed by atoms with E-state index in [9.17, 15) is 18.3 Å². The first-order valence-corrected chi connectivity index (χ1v) is 6.71. The second-order valence-electron chi connectivity index (χ2n) is 3.60. The molecule has 0 saturated heterocycles. The van der Waals surface area contributed by atoms with Crippen molar-refractivity contribution in [3.8, 4) is 0 Å². The maximum Gasteiger partial charge on any atom is 0.330 e. The predicted octanol–water partition coefficient (Wildman–Crippen LogP) is 0.816. The Bertz CT molecular complexity index is 547. The van der Waals surface area contributed by atoms with Gasteiger partial charge in [-0.05, 0) is 18.6 Å². The molecule has 0 fully saturated rings. The van der Waals surface area contributed by atoms with E-state index in [1.807, 2.05) is 0 Å². The number of aliphatic hydroxyl groups excluding tert-OH is 1. The van der Waals surface area contributed by atoms with Crippen molar-refractivity contribution in [1.82, 2.24) is 0 Å². The van der Waals surface area contributed by atoms with Gasteiger partial charge in [-0.15, -0.1) is 0 Å². The molecule has 1 rings (SSSR count). The van der Waals surface area contributed by atoms with E-state index in [4.69, 9.17) is 0 Å². The van der Waals surface area contributed by atoms with Crippen LogP contribution in [0.2, 0.25) is 0 Å². The fourth-order valence-electron chi connectivity index (χ4n) is 1.32. The lowest BCUT2D eigenvalue weighted by molar-refractivity contribution is -0.139. The van der Waals surface area contributed by atoms with Crippen LogP contribution in [-0.2, 0) is 19.4 Å². The number of carbonyl (C=O) groups excluding carboxylic acids is 1. The summed E-state index contributed by atoms with van der Waals surface area (Å²) in [5.41, 5.74) is -1.27. The molecule has 0 aromatic heterocycles. The molecule has 18 heavy (non-hydrogen) atoms. The van der Waals surface area contributed by atoms with E-state index >= 15 is 0 Å². The summed E-state index contributed by atoms with van der Waals surface area (Å²) >= 11 is 0. The first-order chi connectivity index (χ1) is 8.39. The zero-order valence-corrected chi connectivity index (χ0v) is 10.7. The monoisotopic (exact) mass is 270 g/mol. The zero-order chi connectivity index (χ0) is 13.8. The van der Waals surface area contributed by atoms with Gasteiger partial charge in [0.15, 0.2) is 5.44 Å². The van der Waals surface area contributed by atoms with E-state index < -0.39 is 27.8 Å². The Kier molecular flexibility index (Phi) is 4.63. The van der Waals surface area contributed by atoms with Crippen LogP contribution in [0.15, 0.2) is 41.8 Å². The summed E-state index contributed by atoms with van der Waals surface area (Å²) in [6.45, 7) is 4.16. The van der Waals surface area contributed by atoms with Gasteiger partial charge < -0.3 is 9.84 Å². The SMILES string of the molecule is C=CC(=O)OCC(O)S(=O)(=O)c1ccccc1C. The molecule has 6 heteroatoms. The average Bonchev–Trinajstić information content (AvgIpc) is 2.35. The van der Waals surface area contributed by atoms with Crippen molar-refractivity contribution in [3.05, 3.63) is 42.5 Å². The Morgan fingerprint density at radius 2 is 2.11 bits per heavy atom. The molecule has 0 aliphatic heterocycles. The number of hydrogen-bond acceptors (Lipinski definition) is 5. The summed E-state index contributed by atoms with van der Waals surface area (Å²) < 4.78 is 28.5. The molecule has 0 heterocycles. The molecule has 1 atom stereocenters. The van der Waals surface area contributed by atoms with Gasteiger partial charge in [0.05, 0.1) is 4.90 Å². The van der Waals surface area contributed by atoms with Gasteiger partial charge in [-0.1, -0.05) is 24.8 Å². The fourth-order valence-corrected chi connectivity index (χ4v) is 2.65. The van der Waals surface area contributed by atoms with Crippen molar-refractivity contribution >= 4 is 15.8 Å². The van der Waals surface area contributed by atoms with E-state index in [1.54, 1.807) is 25.1 Å². The second kappa shape index (κ2) is 5.79. The quantitative estimate of drug-likeness (QED) is 0.632. The lowest BCUT2D eigenvalue weighted by Gasteiger charge is -2.13. The number of ether oxygens (including phenoxy) is 1. The third-order valence-corrected chi connectivity index (χ3v) is 4.22. The molecule has 0 amide bonds. The number of aryl methyl sites for hydroxylation is 1. The van der Waals surface area contributed by atoms with Crippen LogP contribution in [0.5, 0.6) is 0 Å². The maximum absolute atomic E-state index is 12.0. The summed E-state index contributed by atoms with van der Waals surface area (Å²) in [5, 5.41) is 9.60. The summed E-state index contributed by atoms with van der Waals surface area (Å²) in [5.74, 6) is -0.783. The van der Waals surface area contributed by atoms with Gasteiger partial charge in [0.1, 0.15) is 6.61 Å². The summed E-state index contributed by atoms with van der Waals surface area (Å²) in [6.07, 6.45) is 0.896.